The van der Waals surface area contributed by atoms with Crippen LogP contribution < -0.4 is 10.1 Å². The first-order chi connectivity index (χ1) is 13.0. The van der Waals surface area contributed by atoms with Crippen LogP contribution in [0.2, 0.25) is 5.02 Å². The number of aliphatic hydroxyl groups excluding tert-OH is 1. The summed E-state index contributed by atoms with van der Waals surface area (Å²) in [7, 11) is 0. The highest BCUT2D eigenvalue weighted by Crippen LogP contribution is 2.33. The van der Waals surface area contributed by atoms with Gasteiger partial charge in [0.25, 0.3) is 0 Å². The van der Waals surface area contributed by atoms with Crippen molar-refractivity contribution in [1.29, 1.82) is 0 Å². The highest BCUT2D eigenvalue weighted by atomic mass is 79.9. The van der Waals surface area contributed by atoms with Crippen LogP contribution >= 0.6 is 27.5 Å². The molecule has 0 bridgehead atoms. The maximum absolute atomic E-state index is 9.11. The highest BCUT2D eigenvalue weighted by Gasteiger charge is 2.21. The molecule has 6 nitrogen and oxygen atoms in total. The molecule has 2 aromatic rings. The van der Waals surface area contributed by atoms with Crippen molar-refractivity contribution in [3.05, 3.63) is 45.5 Å². The van der Waals surface area contributed by atoms with Crippen LogP contribution in [0.1, 0.15) is 5.56 Å². The largest absolute Gasteiger partial charge is 0.489 e. The lowest BCUT2D eigenvalue weighted by atomic mass is 10.2. The second-order valence-corrected chi connectivity index (χ2v) is 7.73. The lowest BCUT2D eigenvalue weighted by molar-refractivity contribution is -0.0507. The maximum Gasteiger partial charge on any atom is 0.144 e. The Labute approximate surface area is 172 Å². The van der Waals surface area contributed by atoms with Crippen LogP contribution in [-0.2, 0) is 4.74 Å². The van der Waals surface area contributed by atoms with Gasteiger partial charge in [0.2, 0.25) is 0 Å². The predicted octanol–water partition coefficient (Wildman–Crippen LogP) is 3.62. The van der Waals surface area contributed by atoms with Gasteiger partial charge in [-0.3, -0.25) is 4.90 Å². The Kier molecular flexibility index (Phi) is 7.32. The van der Waals surface area contributed by atoms with Crippen molar-refractivity contribution in [2.45, 2.75) is 13.0 Å². The molecule has 1 atom stereocenters. The second kappa shape index (κ2) is 9.71. The lowest BCUT2D eigenvalue weighted by Gasteiger charge is -2.32. The molecule has 0 saturated carbocycles. The molecule has 0 aliphatic carbocycles. The summed E-state index contributed by atoms with van der Waals surface area (Å²) < 4.78 is 12.7. The third-order valence-electron chi connectivity index (χ3n) is 4.24. The van der Waals surface area contributed by atoms with Gasteiger partial charge in [-0.1, -0.05) is 11.6 Å². The van der Waals surface area contributed by atoms with Gasteiger partial charge < -0.3 is 19.9 Å². The summed E-state index contributed by atoms with van der Waals surface area (Å²) in [5, 5.41) is 13.0. The van der Waals surface area contributed by atoms with Gasteiger partial charge in [-0.2, -0.15) is 0 Å². The van der Waals surface area contributed by atoms with Gasteiger partial charge in [-0.05, 0) is 52.7 Å². The molecule has 0 radical (unpaired) electrons. The summed E-state index contributed by atoms with van der Waals surface area (Å²) >= 11 is 9.69. The number of ether oxygens (including phenoxy) is 2. The smallest absolute Gasteiger partial charge is 0.144 e. The van der Waals surface area contributed by atoms with Gasteiger partial charge in [0.15, 0.2) is 0 Å². The number of rotatable bonds is 7. The van der Waals surface area contributed by atoms with Crippen LogP contribution in [0.15, 0.2) is 34.9 Å². The lowest BCUT2D eigenvalue weighted by Crippen LogP contribution is -2.45. The van der Waals surface area contributed by atoms with Crippen molar-refractivity contribution >= 4 is 39.0 Å². The van der Waals surface area contributed by atoms with E-state index in [9.17, 15) is 0 Å². The highest BCUT2D eigenvalue weighted by molar-refractivity contribution is 9.10. The molecule has 1 aromatic carbocycles. The van der Waals surface area contributed by atoms with E-state index in [1.807, 2.05) is 25.1 Å². The molecule has 1 fully saturated rings. The summed E-state index contributed by atoms with van der Waals surface area (Å²) in [6.07, 6.45) is 1.75. The van der Waals surface area contributed by atoms with E-state index in [0.717, 1.165) is 28.8 Å². The topological polar surface area (TPSA) is 66.9 Å². The maximum atomic E-state index is 9.11. The first-order valence-electron chi connectivity index (χ1n) is 8.81. The Morgan fingerprint density at radius 3 is 3.07 bits per heavy atom. The molecule has 2 N–H and O–H groups in total. The van der Waals surface area contributed by atoms with Gasteiger partial charge in [-0.25, -0.2) is 4.98 Å². The Balaban J connectivity index is 1.68. The molecular formula is C19H23BrClN3O3. The summed E-state index contributed by atoms with van der Waals surface area (Å²) in [5.41, 5.74) is 1.81. The molecule has 2 heterocycles. The Hall–Kier alpha value is -1.38. The number of pyridine rings is 1. The van der Waals surface area contributed by atoms with Gasteiger partial charge in [0.1, 0.15) is 24.3 Å². The molecule has 0 amide bonds. The van der Waals surface area contributed by atoms with Crippen LogP contribution in [0.25, 0.3) is 0 Å². The van der Waals surface area contributed by atoms with E-state index in [4.69, 9.17) is 26.2 Å². The summed E-state index contributed by atoms with van der Waals surface area (Å²) in [6, 6.07) is 7.43. The van der Waals surface area contributed by atoms with Gasteiger partial charge in [0.05, 0.1) is 23.4 Å². The Morgan fingerprint density at radius 1 is 1.44 bits per heavy atom. The van der Waals surface area contributed by atoms with E-state index < -0.39 is 0 Å². The van der Waals surface area contributed by atoms with Crippen molar-refractivity contribution in [1.82, 2.24) is 9.88 Å². The fraction of sp³-hybridized carbons (Fsp3) is 0.421. The average Bonchev–Trinajstić information content (AvgIpc) is 2.64. The number of β-amino-alcohol motifs (C(OH)–C–C–N with tert-alkyl or cyclic N) is 1. The van der Waals surface area contributed by atoms with Crippen LogP contribution in [0.3, 0.4) is 0 Å². The van der Waals surface area contributed by atoms with E-state index >= 15 is 0 Å². The molecule has 1 aliphatic heterocycles. The normalized spacial score (nSPS) is 17.7. The quantitative estimate of drug-likeness (QED) is 0.663. The van der Waals surface area contributed by atoms with Crippen molar-refractivity contribution in [2.75, 3.05) is 44.8 Å². The SMILES string of the molecule is Cc1cnc(Nc2cc(Cl)ccc2OC[C@@H]2CN(CCO)CCO2)c(Br)c1. The molecular weight excluding hydrogens is 434 g/mol. The number of nitrogens with zero attached hydrogens (tertiary/aromatic N) is 2. The molecule has 1 saturated heterocycles. The van der Waals surface area contributed by atoms with Gasteiger partial charge in [-0.15, -0.1) is 0 Å². The Morgan fingerprint density at radius 2 is 2.30 bits per heavy atom. The standard InChI is InChI=1S/C19H23BrClN3O3/c1-13-8-16(20)19(22-10-13)23-17-9-14(21)2-3-18(17)27-12-15-11-24(4-6-25)5-7-26-15/h2-3,8-10,15,25H,4-7,11-12H2,1H3,(H,22,23)/t15-/m0/s1. The number of aryl methyl sites for hydroxylation is 1. The van der Waals surface area contributed by atoms with E-state index in [2.05, 4.69) is 31.1 Å². The number of aromatic nitrogens is 1. The van der Waals surface area contributed by atoms with E-state index in [-0.39, 0.29) is 12.7 Å². The molecule has 27 heavy (non-hydrogen) atoms. The van der Waals surface area contributed by atoms with Gasteiger partial charge >= 0.3 is 0 Å². The number of halogens is 2. The van der Waals surface area contributed by atoms with Crippen molar-refractivity contribution in [2.24, 2.45) is 0 Å². The third kappa shape index (κ3) is 5.80. The van der Waals surface area contributed by atoms with E-state index in [1.54, 1.807) is 12.3 Å². The molecule has 0 spiro atoms. The van der Waals surface area contributed by atoms with Crippen LogP contribution in [0.4, 0.5) is 11.5 Å². The van der Waals surface area contributed by atoms with Gasteiger partial charge in [0, 0.05) is 30.9 Å². The summed E-state index contributed by atoms with van der Waals surface area (Å²) in [4.78, 5) is 6.59. The number of hydrogen-bond acceptors (Lipinski definition) is 6. The minimum absolute atomic E-state index is 0.0435. The molecule has 1 aliphatic rings. The number of anilines is 2. The average molecular weight is 457 g/mol. The first kappa shape index (κ1) is 20.4. The van der Waals surface area contributed by atoms with E-state index in [1.165, 1.54) is 0 Å². The minimum Gasteiger partial charge on any atom is -0.489 e. The van der Waals surface area contributed by atoms with Crippen LogP contribution in [0.5, 0.6) is 5.75 Å². The first-order valence-corrected chi connectivity index (χ1v) is 9.98. The monoisotopic (exact) mass is 455 g/mol. The number of morpholine rings is 1. The number of nitrogens with one attached hydrogen (secondary N) is 1. The zero-order chi connectivity index (χ0) is 19.2. The molecule has 8 heteroatoms. The van der Waals surface area contributed by atoms with Crippen LogP contribution in [0, 0.1) is 6.92 Å². The molecule has 3 rings (SSSR count). The van der Waals surface area contributed by atoms with Crippen molar-refractivity contribution in [3.8, 4) is 5.75 Å². The number of benzene rings is 1. The summed E-state index contributed by atoms with van der Waals surface area (Å²) in [5.74, 6) is 1.37. The third-order valence-corrected chi connectivity index (χ3v) is 5.08. The zero-order valence-electron chi connectivity index (χ0n) is 15.1. The van der Waals surface area contributed by atoms with Crippen molar-refractivity contribution < 1.29 is 14.6 Å². The second-order valence-electron chi connectivity index (χ2n) is 6.44. The molecule has 1 aromatic heterocycles. The number of aliphatic hydroxyl groups is 1. The van der Waals surface area contributed by atoms with Crippen LogP contribution in [-0.4, -0.2) is 60.5 Å². The zero-order valence-corrected chi connectivity index (χ0v) is 17.5. The molecule has 0 unspecified atom stereocenters. The number of hydrogen-bond donors (Lipinski definition) is 2. The predicted molar refractivity (Wildman–Crippen MR) is 110 cm³/mol. The minimum atomic E-state index is -0.0435. The van der Waals surface area contributed by atoms with Crippen molar-refractivity contribution in [3.63, 3.8) is 0 Å². The van der Waals surface area contributed by atoms with E-state index in [0.29, 0.717) is 36.3 Å². The fourth-order valence-electron chi connectivity index (χ4n) is 2.89. The molecule has 146 valence electrons. The fourth-order valence-corrected chi connectivity index (χ4v) is 3.62. The summed E-state index contributed by atoms with van der Waals surface area (Å²) in [6.45, 7) is 5.42. The Bertz CT molecular complexity index is 776.